The lowest BCUT2D eigenvalue weighted by Crippen LogP contribution is -2.27. The van der Waals surface area contributed by atoms with Crippen molar-refractivity contribution in [3.63, 3.8) is 0 Å². The van der Waals surface area contributed by atoms with E-state index in [-0.39, 0.29) is 36.7 Å². The second-order valence-corrected chi connectivity index (χ2v) is 6.16. The average molecular weight is 368 g/mol. The van der Waals surface area contributed by atoms with Gasteiger partial charge in [0.2, 0.25) is 0 Å². The molecule has 0 fully saturated rings. The molecule has 118 valence electrons. The summed E-state index contributed by atoms with van der Waals surface area (Å²) in [5.41, 5.74) is 1.43. The number of esters is 1. The van der Waals surface area contributed by atoms with Gasteiger partial charge in [0, 0.05) is 22.0 Å². The molecule has 1 N–H and O–H groups in total. The smallest absolute Gasteiger partial charge is 0.307 e. The van der Waals surface area contributed by atoms with Crippen LogP contribution >= 0.6 is 15.9 Å². The van der Waals surface area contributed by atoms with Crippen LogP contribution in [0.2, 0.25) is 0 Å². The van der Waals surface area contributed by atoms with Crippen molar-refractivity contribution < 1.29 is 18.7 Å². The van der Waals surface area contributed by atoms with E-state index in [0.717, 1.165) is 15.4 Å². The molecule has 0 aliphatic carbocycles. The molecular weight excluding hydrogens is 350 g/mol. The van der Waals surface area contributed by atoms with E-state index in [1.54, 1.807) is 13.8 Å². The molecule has 1 aromatic heterocycles. The Labute approximate surface area is 137 Å². The van der Waals surface area contributed by atoms with Crippen LogP contribution in [-0.4, -0.2) is 24.5 Å². The van der Waals surface area contributed by atoms with Gasteiger partial charge >= 0.3 is 5.97 Å². The number of amides is 1. The summed E-state index contributed by atoms with van der Waals surface area (Å²) in [6.07, 6.45) is -0.0198. The molecule has 0 bridgehead atoms. The van der Waals surface area contributed by atoms with E-state index in [4.69, 9.17) is 9.15 Å². The van der Waals surface area contributed by atoms with Gasteiger partial charge in [-0.15, -0.1) is 0 Å². The van der Waals surface area contributed by atoms with Crippen LogP contribution in [0.4, 0.5) is 0 Å². The van der Waals surface area contributed by atoms with Crippen LogP contribution in [0.1, 0.15) is 36.4 Å². The third-order valence-corrected chi connectivity index (χ3v) is 3.58. The number of furan rings is 1. The second kappa shape index (κ2) is 6.96. The Morgan fingerprint density at radius 1 is 1.36 bits per heavy atom. The molecule has 0 unspecified atom stereocenters. The molecule has 2 rings (SSSR count). The van der Waals surface area contributed by atoms with E-state index >= 15 is 0 Å². The first-order chi connectivity index (χ1) is 10.4. The molecular formula is C16H18BrNO4. The fourth-order valence-electron chi connectivity index (χ4n) is 2.09. The molecule has 0 atom stereocenters. The first-order valence-electron chi connectivity index (χ1n) is 7.05. The maximum atomic E-state index is 12.2. The van der Waals surface area contributed by atoms with E-state index in [9.17, 15) is 9.59 Å². The Morgan fingerprint density at radius 3 is 2.77 bits per heavy atom. The third-order valence-electron chi connectivity index (χ3n) is 3.09. The van der Waals surface area contributed by atoms with Crippen LogP contribution in [0.5, 0.6) is 0 Å². The average Bonchev–Trinajstić information content (AvgIpc) is 2.75. The third kappa shape index (κ3) is 3.88. The van der Waals surface area contributed by atoms with Gasteiger partial charge in [-0.25, -0.2) is 0 Å². The molecule has 1 amide bonds. The number of nitrogens with one attached hydrogen (secondary N) is 1. The quantitative estimate of drug-likeness (QED) is 0.820. The van der Waals surface area contributed by atoms with E-state index in [1.807, 2.05) is 25.1 Å². The number of carbonyl (C=O) groups excluding carboxylic acids is 2. The predicted octanol–water partition coefficient (Wildman–Crippen LogP) is 3.58. The number of ether oxygens (including phenoxy) is 1. The zero-order valence-corrected chi connectivity index (χ0v) is 14.3. The number of hydrogen-bond donors (Lipinski definition) is 1. The van der Waals surface area contributed by atoms with Crippen molar-refractivity contribution >= 4 is 38.8 Å². The standard InChI is InChI=1S/C16H18BrNO4/c1-9(2)21-14(19)6-7-18-16(20)15-10(3)12-8-11(17)4-5-13(12)22-15/h4-5,8-9H,6-7H2,1-3H3,(H,18,20). The number of hydrogen-bond acceptors (Lipinski definition) is 4. The SMILES string of the molecule is Cc1c(C(=O)NCCC(=O)OC(C)C)oc2ccc(Br)cc12. The van der Waals surface area contributed by atoms with Gasteiger partial charge < -0.3 is 14.5 Å². The Balaban J connectivity index is 2.01. The molecule has 1 aromatic carbocycles. The Bertz CT molecular complexity index is 705. The minimum atomic E-state index is -0.333. The molecule has 0 aliphatic rings. The summed E-state index contributed by atoms with van der Waals surface area (Å²) in [6.45, 7) is 5.61. The summed E-state index contributed by atoms with van der Waals surface area (Å²) < 4.78 is 11.5. The fourth-order valence-corrected chi connectivity index (χ4v) is 2.45. The van der Waals surface area contributed by atoms with Crippen molar-refractivity contribution in [2.24, 2.45) is 0 Å². The zero-order chi connectivity index (χ0) is 16.3. The van der Waals surface area contributed by atoms with Crippen molar-refractivity contribution in [1.82, 2.24) is 5.32 Å². The van der Waals surface area contributed by atoms with Gasteiger partial charge in [0.25, 0.3) is 5.91 Å². The first kappa shape index (κ1) is 16.5. The highest BCUT2D eigenvalue weighted by Crippen LogP contribution is 2.27. The zero-order valence-electron chi connectivity index (χ0n) is 12.7. The van der Waals surface area contributed by atoms with E-state index in [0.29, 0.717) is 5.58 Å². The van der Waals surface area contributed by atoms with Crippen LogP contribution in [0.3, 0.4) is 0 Å². The molecule has 2 aromatic rings. The van der Waals surface area contributed by atoms with Gasteiger partial charge in [-0.3, -0.25) is 9.59 Å². The molecule has 0 radical (unpaired) electrons. The maximum absolute atomic E-state index is 12.2. The number of halogens is 1. The monoisotopic (exact) mass is 367 g/mol. The van der Waals surface area contributed by atoms with Crippen LogP contribution in [0.25, 0.3) is 11.0 Å². The van der Waals surface area contributed by atoms with Crippen LogP contribution in [0, 0.1) is 6.92 Å². The predicted molar refractivity (Wildman–Crippen MR) is 86.8 cm³/mol. The van der Waals surface area contributed by atoms with Gasteiger partial charge in [0.15, 0.2) is 5.76 Å². The van der Waals surface area contributed by atoms with Gasteiger partial charge in [0.05, 0.1) is 12.5 Å². The highest BCUT2D eigenvalue weighted by atomic mass is 79.9. The summed E-state index contributed by atoms with van der Waals surface area (Å²) >= 11 is 3.40. The number of fused-ring (bicyclic) bond motifs is 1. The van der Waals surface area contributed by atoms with Crippen molar-refractivity contribution in [2.75, 3.05) is 6.54 Å². The summed E-state index contributed by atoms with van der Waals surface area (Å²) in [7, 11) is 0. The van der Waals surface area contributed by atoms with E-state index in [1.165, 1.54) is 0 Å². The summed E-state index contributed by atoms with van der Waals surface area (Å²) in [5, 5.41) is 3.56. The number of carbonyl (C=O) groups is 2. The van der Waals surface area contributed by atoms with E-state index < -0.39 is 0 Å². The molecule has 0 aliphatic heterocycles. The lowest BCUT2D eigenvalue weighted by Gasteiger charge is -2.08. The summed E-state index contributed by atoms with van der Waals surface area (Å²) in [4.78, 5) is 23.6. The van der Waals surface area contributed by atoms with Crippen molar-refractivity contribution in [3.8, 4) is 0 Å². The van der Waals surface area contributed by atoms with Gasteiger partial charge in [-0.05, 0) is 39.0 Å². The van der Waals surface area contributed by atoms with Gasteiger partial charge in [0.1, 0.15) is 5.58 Å². The normalized spacial score (nSPS) is 11.0. The topological polar surface area (TPSA) is 68.5 Å². The minimum absolute atomic E-state index is 0.134. The van der Waals surface area contributed by atoms with Gasteiger partial charge in [-0.2, -0.15) is 0 Å². The number of rotatable bonds is 5. The summed E-state index contributed by atoms with van der Waals surface area (Å²) in [5.74, 6) is -0.395. The van der Waals surface area contributed by atoms with E-state index in [2.05, 4.69) is 21.2 Å². The number of aryl methyl sites for hydroxylation is 1. The van der Waals surface area contributed by atoms with Crippen molar-refractivity contribution in [2.45, 2.75) is 33.3 Å². The maximum Gasteiger partial charge on any atom is 0.307 e. The molecule has 6 heteroatoms. The van der Waals surface area contributed by atoms with Gasteiger partial charge in [-0.1, -0.05) is 15.9 Å². The number of benzene rings is 1. The highest BCUT2D eigenvalue weighted by Gasteiger charge is 2.18. The lowest BCUT2D eigenvalue weighted by molar-refractivity contribution is -0.147. The molecule has 0 spiro atoms. The van der Waals surface area contributed by atoms with Crippen LogP contribution in [0.15, 0.2) is 27.1 Å². The minimum Gasteiger partial charge on any atom is -0.463 e. The van der Waals surface area contributed by atoms with Crippen molar-refractivity contribution in [1.29, 1.82) is 0 Å². The van der Waals surface area contributed by atoms with Crippen LogP contribution < -0.4 is 5.32 Å². The molecule has 0 saturated carbocycles. The second-order valence-electron chi connectivity index (χ2n) is 5.24. The molecule has 22 heavy (non-hydrogen) atoms. The highest BCUT2D eigenvalue weighted by molar-refractivity contribution is 9.10. The van der Waals surface area contributed by atoms with Crippen LogP contribution in [-0.2, 0) is 9.53 Å². The molecule has 1 heterocycles. The fraction of sp³-hybridized carbons (Fsp3) is 0.375. The Hall–Kier alpha value is -1.82. The van der Waals surface area contributed by atoms with Crippen molar-refractivity contribution in [3.05, 3.63) is 34.0 Å². The Morgan fingerprint density at radius 2 is 2.09 bits per heavy atom. The molecule has 5 nitrogen and oxygen atoms in total. The largest absolute Gasteiger partial charge is 0.463 e. The summed E-state index contributed by atoms with van der Waals surface area (Å²) in [6, 6.07) is 5.57. The first-order valence-corrected chi connectivity index (χ1v) is 7.84. The lowest BCUT2D eigenvalue weighted by atomic mass is 10.1. The Kier molecular flexibility index (Phi) is 5.24. The molecule has 0 saturated heterocycles.